The summed E-state index contributed by atoms with van der Waals surface area (Å²) in [6, 6.07) is 22.6. The van der Waals surface area contributed by atoms with Crippen LogP contribution in [0, 0.1) is 0 Å². The van der Waals surface area contributed by atoms with Gasteiger partial charge in [-0.3, -0.25) is 0 Å². The largest absolute Gasteiger partial charge is 0.508 e. The number of carbonyl (C=O) groups is 1. The van der Waals surface area contributed by atoms with Crippen molar-refractivity contribution in [1.29, 1.82) is 0 Å². The SMILES string of the molecule is O=C(O)c1ccc(-c2ccc(-c3cc4ccc(O)cc4s3)cc2)cc1. The average molecular weight is 346 g/mol. The van der Waals surface area contributed by atoms with E-state index in [-0.39, 0.29) is 11.3 Å². The molecule has 4 rings (SSSR count). The van der Waals surface area contributed by atoms with Crippen molar-refractivity contribution in [2.45, 2.75) is 0 Å². The van der Waals surface area contributed by atoms with Crippen LogP contribution in [0.3, 0.4) is 0 Å². The zero-order chi connectivity index (χ0) is 17.4. The summed E-state index contributed by atoms with van der Waals surface area (Å²) >= 11 is 1.65. The average Bonchev–Trinajstić information content (AvgIpc) is 3.05. The normalized spacial score (nSPS) is 10.9. The number of carboxylic acid groups (broad SMARTS) is 1. The predicted octanol–water partition coefficient (Wildman–Crippen LogP) is 5.64. The van der Waals surface area contributed by atoms with E-state index in [1.807, 2.05) is 30.3 Å². The van der Waals surface area contributed by atoms with Crippen LogP contribution in [0.4, 0.5) is 0 Å². The van der Waals surface area contributed by atoms with E-state index < -0.39 is 5.97 Å². The highest BCUT2D eigenvalue weighted by atomic mass is 32.1. The Kier molecular flexibility index (Phi) is 3.75. The maximum atomic E-state index is 10.9. The van der Waals surface area contributed by atoms with Crippen molar-refractivity contribution in [2.75, 3.05) is 0 Å². The smallest absolute Gasteiger partial charge is 0.335 e. The number of rotatable bonds is 3. The Morgan fingerprint density at radius 2 is 1.36 bits per heavy atom. The van der Waals surface area contributed by atoms with Crippen molar-refractivity contribution in [3.63, 3.8) is 0 Å². The first-order chi connectivity index (χ1) is 12.1. The summed E-state index contributed by atoms with van der Waals surface area (Å²) in [6.45, 7) is 0. The summed E-state index contributed by atoms with van der Waals surface area (Å²) in [5, 5.41) is 19.7. The zero-order valence-electron chi connectivity index (χ0n) is 13.1. The molecule has 0 saturated heterocycles. The molecule has 0 bridgehead atoms. The number of fused-ring (bicyclic) bond motifs is 1. The van der Waals surface area contributed by atoms with Gasteiger partial charge in [-0.25, -0.2) is 4.79 Å². The van der Waals surface area contributed by atoms with Gasteiger partial charge in [0.15, 0.2) is 0 Å². The Labute approximate surface area is 148 Å². The highest BCUT2D eigenvalue weighted by molar-refractivity contribution is 7.22. The number of phenolic OH excluding ortho intramolecular Hbond substituents is 1. The van der Waals surface area contributed by atoms with E-state index in [4.69, 9.17) is 5.11 Å². The standard InChI is InChI=1S/C21H14O3S/c22-18-10-9-17-11-19(25-20(17)12-18)15-5-1-13(2-6-15)14-3-7-16(8-4-14)21(23)24/h1-12,22H,(H,23,24). The third-order valence-corrected chi connectivity index (χ3v) is 5.29. The first-order valence-corrected chi connectivity index (χ1v) is 8.58. The summed E-state index contributed by atoms with van der Waals surface area (Å²) in [6.07, 6.45) is 0. The Hall–Kier alpha value is -3.11. The number of carboxylic acids is 1. The molecule has 0 fully saturated rings. The molecular weight excluding hydrogens is 332 g/mol. The monoisotopic (exact) mass is 346 g/mol. The number of hydrogen-bond donors (Lipinski definition) is 2. The van der Waals surface area contributed by atoms with E-state index in [1.165, 1.54) is 0 Å². The van der Waals surface area contributed by atoms with Gasteiger partial charge >= 0.3 is 5.97 Å². The van der Waals surface area contributed by atoms with Gasteiger partial charge in [-0.15, -0.1) is 11.3 Å². The summed E-state index contributed by atoms with van der Waals surface area (Å²) in [5.74, 6) is -0.640. The number of hydrogen-bond acceptors (Lipinski definition) is 3. The van der Waals surface area contributed by atoms with Gasteiger partial charge in [-0.1, -0.05) is 36.4 Å². The van der Waals surface area contributed by atoms with Crippen LogP contribution in [0.1, 0.15) is 10.4 Å². The molecule has 1 heterocycles. The third-order valence-electron chi connectivity index (χ3n) is 4.14. The molecular formula is C21H14O3S. The Balaban J connectivity index is 1.65. The van der Waals surface area contributed by atoms with E-state index >= 15 is 0 Å². The fourth-order valence-electron chi connectivity index (χ4n) is 2.79. The molecule has 0 unspecified atom stereocenters. The van der Waals surface area contributed by atoms with Crippen LogP contribution >= 0.6 is 11.3 Å². The van der Waals surface area contributed by atoms with Crippen LogP contribution < -0.4 is 0 Å². The van der Waals surface area contributed by atoms with Gasteiger partial charge in [0.05, 0.1) is 5.56 Å². The number of phenols is 1. The Bertz CT molecular complexity index is 1060. The van der Waals surface area contributed by atoms with E-state index in [2.05, 4.69) is 18.2 Å². The Morgan fingerprint density at radius 1 is 0.760 bits per heavy atom. The minimum atomic E-state index is -0.919. The van der Waals surface area contributed by atoms with Gasteiger partial charge in [-0.2, -0.15) is 0 Å². The van der Waals surface area contributed by atoms with Crippen LogP contribution in [0.2, 0.25) is 0 Å². The van der Waals surface area contributed by atoms with Crippen LogP contribution in [0.25, 0.3) is 31.7 Å². The van der Waals surface area contributed by atoms with E-state index in [1.54, 1.807) is 35.6 Å². The Morgan fingerprint density at radius 3 is 2.00 bits per heavy atom. The number of benzene rings is 3. The highest BCUT2D eigenvalue weighted by Gasteiger charge is 2.07. The second kappa shape index (κ2) is 6.07. The molecule has 0 aliphatic heterocycles. The van der Waals surface area contributed by atoms with Crippen molar-refractivity contribution < 1.29 is 15.0 Å². The molecule has 0 spiro atoms. The van der Waals surface area contributed by atoms with Gasteiger partial charge in [0.25, 0.3) is 0 Å². The van der Waals surface area contributed by atoms with Gasteiger partial charge in [0, 0.05) is 9.58 Å². The molecule has 25 heavy (non-hydrogen) atoms. The van der Waals surface area contributed by atoms with Crippen molar-refractivity contribution in [3.8, 4) is 27.3 Å². The molecule has 3 aromatic carbocycles. The number of aromatic hydroxyl groups is 1. The molecule has 0 radical (unpaired) electrons. The number of aromatic carboxylic acids is 1. The lowest BCUT2D eigenvalue weighted by atomic mass is 10.0. The minimum absolute atomic E-state index is 0.279. The molecule has 0 aliphatic carbocycles. The van der Waals surface area contributed by atoms with Crippen molar-refractivity contribution in [1.82, 2.24) is 0 Å². The third kappa shape index (κ3) is 2.99. The molecule has 2 N–H and O–H groups in total. The fraction of sp³-hybridized carbons (Fsp3) is 0. The molecule has 0 amide bonds. The zero-order valence-corrected chi connectivity index (χ0v) is 14.0. The van der Waals surface area contributed by atoms with Crippen LogP contribution in [-0.2, 0) is 0 Å². The maximum Gasteiger partial charge on any atom is 0.335 e. The fourth-order valence-corrected chi connectivity index (χ4v) is 3.90. The van der Waals surface area contributed by atoms with Gasteiger partial charge < -0.3 is 10.2 Å². The molecule has 0 aliphatic rings. The van der Waals surface area contributed by atoms with Crippen LogP contribution in [0.15, 0.2) is 72.8 Å². The van der Waals surface area contributed by atoms with Crippen molar-refractivity contribution >= 4 is 27.4 Å². The second-order valence-corrected chi connectivity index (χ2v) is 6.88. The first-order valence-electron chi connectivity index (χ1n) is 7.77. The first kappa shape index (κ1) is 15.4. The highest BCUT2D eigenvalue weighted by Crippen LogP contribution is 2.35. The van der Waals surface area contributed by atoms with E-state index in [0.717, 1.165) is 31.7 Å². The van der Waals surface area contributed by atoms with Crippen LogP contribution in [0.5, 0.6) is 5.75 Å². The molecule has 3 nitrogen and oxygen atoms in total. The maximum absolute atomic E-state index is 10.9. The summed E-state index contributed by atoms with van der Waals surface area (Å²) in [5.41, 5.74) is 3.43. The van der Waals surface area contributed by atoms with Gasteiger partial charge in [0.2, 0.25) is 0 Å². The molecule has 4 aromatic rings. The van der Waals surface area contributed by atoms with Crippen molar-refractivity contribution in [3.05, 3.63) is 78.4 Å². The summed E-state index contributed by atoms with van der Waals surface area (Å²) < 4.78 is 1.06. The lowest BCUT2D eigenvalue weighted by Gasteiger charge is -2.04. The summed E-state index contributed by atoms with van der Waals surface area (Å²) in [4.78, 5) is 12.1. The molecule has 1 aromatic heterocycles. The van der Waals surface area contributed by atoms with E-state index in [0.29, 0.717) is 0 Å². The second-order valence-electron chi connectivity index (χ2n) is 5.79. The van der Waals surface area contributed by atoms with Crippen LogP contribution in [-0.4, -0.2) is 16.2 Å². The predicted molar refractivity (Wildman–Crippen MR) is 101 cm³/mol. The van der Waals surface area contributed by atoms with E-state index in [9.17, 15) is 9.90 Å². The lowest BCUT2D eigenvalue weighted by molar-refractivity contribution is 0.0697. The molecule has 0 saturated carbocycles. The minimum Gasteiger partial charge on any atom is -0.508 e. The van der Waals surface area contributed by atoms with Crippen molar-refractivity contribution in [2.24, 2.45) is 0 Å². The van der Waals surface area contributed by atoms with Gasteiger partial charge in [-0.05, 0) is 58.5 Å². The quantitative estimate of drug-likeness (QED) is 0.505. The molecule has 122 valence electrons. The lowest BCUT2D eigenvalue weighted by Crippen LogP contribution is -1.94. The van der Waals surface area contributed by atoms with Gasteiger partial charge in [0.1, 0.15) is 5.75 Å². The topological polar surface area (TPSA) is 57.5 Å². The number of thiophene rings is 1. The summed E-state index contributed by atoms with van der Waals surface area (Å²) in [7, 11) is 0. The molecule has 0 atom stereocenters. The molecule has 4 heteroatoms.